The first-order valence-electron chi connectivity index (χ1n) is 10.6. The summed E-state index contributed by atoms with van der Waals surface area (Å²) in [7, 11) is 0. The van der Waals surface area contributed by atoms with Gasteiger partial charge in [0.05, 0.1) is 6.61 Å². The summed E-state index contributed by atoms with van der Waals surface area (Å²) in [5, 5.41) is 20.6. The molecule has 0 fully saturated rings. The molecule has 0 bridgehead atoms. The summed E-state index contributed by atoms with van der Waals surface area (Å²) in [5.41, 5.74) is 13.6. The number of ether oxygens (including phenoxy) is 1. The number of hydrogen-bond donors (Lipinski definition) is 4. The number of nitrogens with zero attached hydrogens (tertiary/aromatic N) is 1. The molecule has 6 N–H and O–H groups in total. The minimum Gasteiger partial charge on any atom is -0.490 e. The van der Waals surface area contributed by atoms with Crippen LogP contribution in [0.25, 0.3) is 10.8 Å². The number of unbranched alkanes of at least 4 members (excludes halogenated alkanes) is 1. The van der Waals surface area contributed by atoms with Gasteiger partial charge in [0.1, 0.15) is 24.3 Å². The summed E-state index contributed by atoms with van der Waals surface area (Å²) in [4.78, 5) is 16.0. The van der Waals surface area contributed by atoms with Gasteiger partial charge in [-0.25, -0.2) is 0 Å². The Morgan fingerprint density at radius 2 is 1.62 bits per heavy atom. The maximum atomic E-state index is 11.6. The van der Waals surface area contributed by atoms with Gasteiger partial charge in [-0.1, -0.05) is 48.5 Å². The van der Waals surface area contributed by atoms with Crippen molar-refractivity contribution in [3.05, 3.63) is 77.4 Å². The molecule has 0 aliphatic heterocycles. The van der Waals surface area contributed by atoms with E-state index in [-0.39, 0.29) is 13.2 Å². The summed E-state index contributed by atoms with van der Waals surface area (Å²) in [6.07, 6.45) is 1.72. The normalized spacial score (nSPS) is 12.6. The Bertz CT molecular complexity index is 1100. The smallest absolute Gasteiger partial charge is 0.249 e. The van der Waals surface area contributed by atoms with Crippen LogP contribution in [0, 0.1) is 0 Å². The lowest BCUT2D eigenvalue weighted by Gasteiger charge is -2.14. The number of aliphatic imine (C=N–C) groups is 1. The number of carbonyl (C=O) groups is 1. The van der Waals surface area contributed by atoms with Crippen LogP contribution >= 0.6 is 0 Å². The number of fused-ring (bicyclic) bond motifs is 1. The highest BCUT2D eigenvalue weighted by atomic mass is 16.5. The first-order valence-corrected chi connectivity index (χ1v) is 10.6. The summed E-state index contributed by atoms with van der Waals surface area (Å²) in [5.74, 6) is 0.475. The predicted octanol–water partition coefficient (Wildman–Crippen LogP) is 2.40. The zero-order valence-corrected chi connectivity index (χ0v) is 17.9. The lowest BCUT2D eigenvalue weighted by atomic mass is 9.99. The van der Waals surface area contributed by atoms with E-state index in [1.54, 1.807) is 24.3 Å². The lowest BCUT2D eigenvalue weighted by Crippen LogP contribution is -2.21. The molecule has 0 heterocycles. The molecule has 1 unspecified atom stereocenters. The Labute approximate surface area is 187 Å². The standard InChI is InChI=1S/C25H29N3O4/c26-24(21-10-3-4-11-22(21)25(27)31)28-14-6-5-7-17-12-13-23(32-16-18(30)15-29)20-9-2-1-8-19(17)20/h1-4,8-13,18,29-30H,5-7,14-16H2,(H2,26,28)(H2,27,31). The third kappa shape index (κ3) is 5.84. The van der Waals surface area contributed by atoms with Crippen LogP contribution in [-0.4, -0.2) is 47.8 Å². The van der Waals surface area contributed by atoms with Gasteiger partial charge in [-0.2, -0.15) is 0 Å². The van der Waals surface area contributed by atoms with E-state index in [2.05, 4.69) is 11.1 Å². The third-order valence-corrected chi connectivity index (χ3v) is 5.22. The molecule has 3 aromatic carbocycles. The highest BCUT2D eigenvalue weighted by Gasteiger charge is 2.11. The van der Waals surface area contributed by atoms with Crippen molar-refractivity contribution >= 4 is 22.5 Å². The Balaban J connectivity index is 1.61. The fraction of sp³-hybridized carbons (Fsp3) is 0.280. The van der Waals surface area contributed by atoms with Crippen molar-refractivity contribution in [1.82, 2.24) is 0 Å². The quantitative estimate of drug-likeness (QED) is 0.209. The number of carbonyl (C=O) groups excluding carboxylic acids is 1. The summed E-state index contributed by atoms with van der Waals surface area (Å²) >= 11 is 0. The van der Waals surface area contributed by atoms with Gasteiger partial charge in [-0.05, 0) is 42.3 Å². The largest absolute Gasteiger partial charge is 0.490 e. The van der Waals surface area contributed by atoms with Gasteiger partial charge in [0.25, 0.3) is 0 Å². The zero-order valence-electron chi connectivity index (χ0n) is 17.9. The predicted molar refractivity (Wildman–Crippen MR) is 126 cm³/mol. The third-order valence-electron chi connectivity index (χ3n) is 5.22. The van der Waals surface area contributed by atoms with Gasteiger partial charge in [0, 0.05) is 23.1 Å². The summed E-state index contributed by atoms with van der Waals surface area (Å²) in [6, 6.07) is 18.8. The van der Waals surface area contributed by atoms with E-state index in [4.69, 9.17) is 21.3 Å². The minimum absolute atomic E-state index is 0.0398. The van der Waals surface area contributed by atoms with Gasteiger partial charge in [-0.15, -0.1) is 0 Å². The molecule has 0 saturated heterocycles. The van der Waals surface area contributed by atoms with Crippen molar-refractivity contribution < 1.29 is 19.7 Å². The van der Waals surface area contributed by atoms with Crippen LogP contribution in [0.15, 0.2) is 65.7 Å². The molecule has 0 aliphatic rings. The summed E-state index contributed by atoms with van der Waals surface area (Å²) < 4.78 is 5.69. The van der Waals surface area contributed by atoms with Gasteiger partial charge >= 0.3 is 0 Å². The average Bonchev–Trinajstić information content (AvgIpc) is 2.82. The highest BCUT2D eigenvalue weighted by molar-refractivity contribution is 6.08. The number of amides is 1. The molecule has 7 nitrogen and oxygen atoms in total. The molecular formula is C25H29N3O4. The van der Waals surface area contributed by atoms with Crippen molar-refractivity contribution in [1.29, 1.82) is 0 Å². The first-order chi connectivity index (χ1) is 15.5. The van der Waals surface area contributed by atoms with Crippen molar-refractivity contribution in [2.75, 3.05) is 19.8 Å². The molecular weight excluding hydrogens is 406 g/mol. The van der Waals surface area contributed by atoms with Crippen LogP contribution < -0.4 is 16.2 Å². The van der Waals surface area contributed by atoms with Crippen LogP contribution in [-0.2, 0) is 6.42 Å². The fourth-order valence-electron chi connectivity index (χ4n) is 3.55. The Morgan fingerprint density at radius 1 is 0.938 bits per heavy atom. The number of primary amides is 1. The van der Waals surface area contributed by atoms with E-state index >= 15 is 0 Å². The monoisotopic (exact) mass is 435 g/mol. The minimum atomic E-state index is -0.906. The Morgan fingerprint density at radius 3 is 2.34 bits per heavy atom. The van der Waals surface area contributed by atoms with Crippen LogP contribution in [0.1, 0.15) is 34.3 Å². The molecule has 1 amide bonds. The SMILES string of the molecule is NC(=O)c1ccccc1C(N)=NCCCCc1ccc(OCC(O)CO)c2ccccc12. The van der Waals surface area contributed by atoms with Crippen LogP contribution in [0.5, 0.6) is 5.75 Å². The zero-order chi connectivity index (χ0) is 22.9. The van der Waals surface area contributed by atoms with E-state index in [1.165, 1.54) is 5.56 Å². The van der Waals surface area contributed by atoms with Crippen LogP contribution in [0.3, 0.4) is 0 Å². The molecule has 168 valence electrons. The second kappa shape index (κ2) is 11.3. The number of nitrogens with two attached hydrogens (primary N) is 2. The molecule has 0 saturated carbocycles. The fourth-order valence-corrected chi connectivity index (χ4v) is 3.55. The van der Waals surface area contributed by atoms with Crippen LogP contribution in [0.2, 0.25) is 0 Å². The van der Waals surface area contributed by atoms with Gasteiger partial charge in [0.15, 0.2) is 0 Å². The number of amidine groups is 1. The Hall–Kier alpha value is -3.42. The molecule has 7 heteroatoms. The number of aliphatic hydroxyl groups excluding tert-OH is 2. The Kier molecular flexibility index (Phi) is 8.19. The molecule has 3 rings (SSSR count). The number of benzene rings is 3. The number of aliphatic hydroxyl groups is 2. The molecule has 0 spiro atoms. The number of hydrogen-bond acceptors (Lipinski definition) is 5. The van der Waals surface area contributed by atoms with Gasteiger partial charge in [0.2, 0.25) is 5.91 Å². The van der Waals surface area contributed by atoms with E-state index < -0.39 is 12.0 Å². The maximum absolute atomic E-state index is 11.6. The topological polar surface area (TPSA) is 131 Å². The molecule has 0 radical (unpaired) electrons. The van der Waals surface area contributed by atoms with Gasteiger partial charge < -0.3 is 26.4 Å². The molecule has 32 heavy (non-hydrogen) atoms. The highest BCUT2D eigenvalue weighted by Crippen LogP contribution is 2.29. The average molecular weight is 436 g/mol. The molecule has 1 atom stereocenters. The van der Waals surface area contributed by atoms with E-state index in [0.717, 1.165) is 30.0 Å². The molecule has 0 aliphatic carbocycles. The van der Waals surface area contributed by atoms with Crippen molar-refractivity contribution in [3.63, 3.8) is 0 Å². The molecule has 0 aromatic heterocycles. The summed E-state index contributed by atoms with van der Waals surface area (Å²) in [6.45, 7) is 0.256. The number of aryl methyl sites for hydroxylation is 1. The van der Waals surface area contributed by atoms with Crippen molar-refractivity contribution in [3.8, 4) is 5.75 Å². The van der Waals surface area contributed by atoms with Crippen molar-refractivity contribution in [2.24, 2.45) is 16.5 Å². The number of rotatable bonds is 11. The second-order valence-electron chi connectivity index (χ2n) is 7.55. The van der Waals surface area contributed by atoms with E-state index in [1.807, 2.05) is 30.3 Å². The van der Waals surface area contributed by atoms with E-state index in [0.29, 0.717) is 29.3 Å². The van der Waals surface area contributed by atoms with Crippen LogP contribution in [0.4, 0.5) is 0 Å². The first kappa shape index (κ1) is 23.2. The molecule has 3 aromatic rings. The van der Waals surface area contributed by atoms with E-state index in [9.17, 15) is 9.90 Å². The maximum Gasteiger partial charge on any atom is 0.249 e. The lowest BCUT2D eigenvalue weighted by molar-refractivity contribution is 0.0541. The van der Waals surface area contributed by atoms with Gasteiger partial charge in [-0.3, -0.25) is 9.79 Å². The van der Waals surface area contributed by atoms with Crippen molar-refractivity contribution in [2.45, 2.75) is 25.4 Å². The second-order valence-corrected chi connectivity index (χ2v) is 7.55.